The van der Waals surface area contributed by atoms with Gasteiger partial charge in [0.1, 0.15) is 17.7 Å². The normalized spacial score (nSPS) is 16.1. The van der Waals surface area contributed by atoms with Crippen LogP contribution in [0.15, 0.2) is 88.4 Å². The van der Waals surface area contributed by atoms with Crippen LogP contribution in [0.1, 0.15) is 55.2 Å². The summed E-state index contributed by atoms with van der Waals surface area (Å²) in [6.45, 7) is 13.1. The summed E-state index contributed by atoms with van der Waals surface area (Å²) >= 11 is 5.00. The second kappa shape index (κ2) is 16.6. The zero-order valence-corrected chi connectivity index (χ0v) is 27.3. The predicted molar refractivity (Wildman–Crippen MR) is 181 cm³/mol. The van der Waals surface area contributed by atoms with E-state index in [-0.39, 0.29) is 6.10 Å². The minimum Gasteiger partial charge on any atom is -0.372 e. The Bertz CT molecular complexity index is 1420. The van der Waals surface area contributed by atoms with Gasteiger partial charge < -0.3 is 4.74 Å². The lowest BCUT2D eigenvalue weighted by Crippen LogP contribution is -2.26. The minimum absolute atomic E-state index is 0.256. The number of thiophene rings is 1. The van der Waals surface area contributed by atoms with Gasteiger partial charge in [0.05, 0.1) is 12.7 Å². The number of benzene rings is 1. The summed E-state index contributed by atoms with van der Waals surface area (Å²) in [4.78, 5) is 6.33. The third-order valence-electron chi connectivity index (χ3n) is 6.91. The van der Waals surface area contributed by atoms with E-state index in [1.54, 1.807) is 47.5 Å². The van der Waals surface area contributed by atoms with Gasteiger partial charge in [0.2, 0.25) is 0 Å². The molecule has 222 valence electrons. The molecule has 42 heavy (non-hydrogen) atoms. The number of aliphatic imine (C=N–C) groups is 1. The molecule has 3 aromatic rings. The first-order chi connectivity index (χ1) is 20.5. The number of aromatic nitrogens is 3. The number of rotatable bonds is 13. The maximum Gasteiger partial charge on any atom is 0.196 e. The summed E-state index contributed by atoms with van der Waals surface area (Å²) < 4.78 is 7.96. The molecule has 0 spiro atoms. The number of ether oxygens (including phenoxy) is 1. The molecule has 0 aliphatic carbocycles. The lowest BCUT2D eigenvalue weighted by atomic mass is 9.95. The van der Waals surface area contributed by atoms with Crippen molar-refractivity contribution in [1.82, 2.24) is 20.2 Å². The van der Waals surface area contributed by atoms with Crippen LogP contribution in [-0.2, 0) is 23.5 Å². The average molecular weight is 621 g/mol. The molecule has 1 N–H and O–H groups in total. The van der Waals surface area contributed by atoms with Crippen LogP contribution in [0.25, 0.3) is 0 Å². The lowest BCUT2D eigenvalue weighted by molar-refractivity contribution is 0.00152. The fourth-order valence-electron chi connectivity index (χ4n) is 4.34. The van der Waals surface area contributed by atoms with Gasteiger partial charge in [0.25, 0.3) is 0 Å². The number of hydrazone groups is 1. The van der Waals surface area contributed by atoms with E-state index < -0.39 is 0 Å². The topological polar surface area (TPSA) is 76.7 Å². The van der Waals surface area contributed by atoms with E-state index in [0.29, 0.717) is 12.5 Å². The number of amidine groups is 1. The second-order valence-corrected chi connectivity index (χ2v) is 13.2. The molecule has 4 rings (SSSR count). The Balaban J connectivity index is 1.46. The van der Waals surface area contributed by atoms with Gasteiger partial charge >= 0.3 is 0 Å². The molecule has 1 unspecified atom stereocenters. The molecule has 1 aliphatic heterocycles. The van der Waals surface area contributed by atoms with E-state index in [2.05, 4.69) is 91.4 Å². The SMILES string of the molecule is C=C/C=C\CC/C(=C\C)CSc1nncn1/C=N/N/C(=N/c1sc2c(c1C)CC(C(C)C)OC2)SCc1ccccc1. The molecule has 2 aromatic heterocycles. The number of thioether (sulfide) groups is 2. The zero-order valence-electron chi connectivity index (χ0n) is 24.8. The first-order valence-electron chi connectivity index (χ1n) is 14.2. The summed E-state index contributed by atoms with van der Waals surface area (Å²) in [5.74, 6) is 2.12. The molecule has 0 saturated heterocycles. The van der Waals surface area contributed by atoms with Crippen molar-refractivity contribution in [3.63, 3.8) is 0 Å². The van der Waals surface area contributed by atoms with E-state index in [0.717, 1.165) is 46.1 Å². The average Bonchev–Trinajstić information content (AvgIpc) is 3.58. The molecule has 0 fully saturated rings. The number of allylic oxidation sites excluding steroid dienone is 4. The maximum absolute atomic E-state index is 6.12. The van der Waals surface area contributed by atoms with Gasteiger partial charge in [0, 0.05) is 22.8 Å². The first-order valence-corrected chi connectivity index (χ1v) is 17.0. The molecule has 1 aromatic carbocycles. The number of nitrogens with zero attached hydrogens (tertiary/aromatic N) is 5. The molecule has 0 saturated carbocycles. The Morgan fingerprint density at radius 1 is 1.31 bits per heavy atom. The van der Waals surface area contributed by atoms with Crippen LogP contribution >= 0.6 is 34.9 Å². The van der Waals surface area contributed by atoms with Gasteiger partial charge in [-0.15, -0.1) is 21.5 Å². The third-order valence-corrected chi connectivity index (χ3v) is 10.1. The van der Waals surface area contributed by atoms with Crippen LogP contribution in [0.5, 0.6) is 0 Å². The van der Waals surface area contributed by atoms with Crippen molar-refractivity contribution in [2.24, 2.45) is 16.0 Å². The number of nitrogens with one attached hydrogen (secondary N) is 1. The summed E-state index contributed by atoms with van der Waals surface area (Å²) in [5, 5.41) is 15.5. The largest absolute Gasteiger partial charge is 0.372 e. The highest BCUT2D eigenvalue weighted by Crippen LogP contribution is 2.40. The standard InChI is InChI=1S/C32H40N6OS3/c1-6-8-9-11-14-25(7-2)19-41-32-37-34-22-38(32)21-33-36-31(40-20-26-15-12-10-13-16-26)35-30-24(5)27-17-28(23(3)4)39-18-29(27)42-30/h6-10,12-13,15-16,21-23,28H,1,11,14,17-20H2,2-5H3,(H,35,36)/b9-8-,25-7+,33-21+. The van der Waals surface area contributed by atoms with Crippen molar-refractivity contribution in [1.29, 1.82) is 0 Å². The Hall–Kier alpha value is -2.92. The monoisotopic (exact) mass is 620 g/mol. The molecule has 3 heterocycles. The summed E-state index contributed by atoms with van der Waals surface area (Å²) in [6.07, 6.45) is 14.7. The molecule has 7 nitrogen and oxygen atoms in total. The third kappa shape index (κ3) is 9.29. The highest BCUT2D eigenvalue weighted by atomic mass is 32.2. The van der Waals surface area contributed by atoms with Crippen LogP contribution in [0.2, 0.25) is 0 Å². The highest BCUT2D eigenvalue weighted by Gasteiger charge is 2.26. The summed E-state index contributed by atoms with van der Waals surface area (Å²) in [6, 6.07) is 10.4. The van der Waals surface area contributed by atoms with Crippen LogP contribution < -0.4 is 5.43 Å². The quantitative estimate of drug-likeness (QED) is 0.0517. The molecule has 0 bridgehead atoms. The molecule has 0 radical (unpaired) electrons. The van der Waals surface area contributed by atoms with Crippen LogP contribution in [0, 0.1) is 12.8 Å². The molecule has 0 amide bonds. The Morgan fingerprint density at radius 3 is 2.90 bits per heavy atom. The summed E-state index contributed by atoms with van der Waals surface area (Å²) in [7, 11) is 0. The van der Waals surface area contributed by atoms with Gasteiger partial charge in [-0.05, 0) is 49.3 Å². The number of fused-ring (bicyclic) bond motifs is 1. The molecular weight excluding hydrogens is 581 g/mol. The van der Waals surface area contributed by atoms with Crippen molar-refractivity contribution in [2.45, 2.75) is 70.6 Å². The van der Waals surface area contributed by atoms with Crippen LogP contribution in [0.3, 0.4) is 0 Å². The minimum atomic E-state index is 0.256. The Kier molecular flexibility index (Phi) is 12.7. The smallest absolute Gasteiger partial charge is 0.196 e. The fourth-order valence-corrected chi connectivity index (χ4v) is 7.27. The Morgan fingerprint density at radius 2 is 2.14 bits per heavy atom. The van der Waals surface area contributed by atoms with Crippen molar-refractivity contribution >= 4 is 51.4 Å². The fraction of sp³-hybridized carbons (Fsp3) is 0.375. The number of hydrogen-bond acceptors (Lipinski definition) is 8. The van der Waals surface area contributed by atoms with Crippen molar-refractivity contribution in [3.05, 3.63) is 94.7 Å². The second-order valence-electron chi connectivity index (χ2n) is 10.2. The molecular formula is C32H40N6OS3. The Labute approximate surface area is 262 Å². The predicted octanol–water partition coefficient (Wildman–Crippen LogP) is 8.31. The van der Waals surface area contributed by atoms with Crippen LogP contribution in [-0.4, -0.2) is 38.1 Å². The van der Waals surface area contributed by atoms with E-state index in [4.69, 9.17) is 9.73 Å². The number of hydrogen-bond donors (Lipinski definition) is 1. The highest BCUT2D eigenvalue weighted by molar-refractivity contribution is 8.13. The van der Waals surface area contributed by atoms with Gasteiger partial charge in [-0.25, -0.2) is 4.99 Å². The zero-order chi connectivity index (χ0) is 29.7. The van der Waals surface area contributed by atoms with E-state index in [1.165, 1.54) is 27.1 Å². The van der Waals surface area contributed by atoms with Crippen molar-refractivity contribution in [2.75, 3.05) is 5.75 Å². The molecule has 10 heteroatoms. The van der Waals surface area contributed by atoms with Crippen molar-refractivity contribution < 1.29 is 4.74 Å². The molecule has 1 atom stereocenters. The maximum atomic E-state index is 6.12. The molecule has 1 aliphatic rings. The van der Waals surface area contributed by atoms with Crippen LogP contribution in [0.4, 0.5) is 5.00 Å². The van der Waals surface area contributed by atoms with E-state index in [9.17, 15) is 0 Å². The van der Waals surface area contributed by atoms with Crippen molar-refractivity contribution in [3.8, 4) is 0 Å². The van der Waals surface area contributed by atoms with Gasteiger partial charge in [-0.2, -0.15) is 5.10 Å². The first kappa shape index (κ1) is 32.0. The summed E-state index contributed by atoms with van der Waals surface area (Å²) in [5.41, 5.74) is 8.43. The van der Waals surface area contributed by atoms with E-state index >= 15 is 0 Å². The van der Waals surface area contributed by atoms with Gasteiger partial charge in [-0.1, -0.05) is 104 Å². The van der Waals surface area contributed by atoms with E-state index in [1.807, 2.05) is 22.8 Å². The van der Waals surface area contributed by atoms with Gasteiger partial charge in [-0.3, -0.25) is 9.99 Å². The van der Waals surface area contributed by atoms with Gasteiger partial charge in [0.15, 0.2) is 10.3 Å². The lowest BCUT2D eigenvalue weighted by Gasteiger charge is -2.26.